The van der Waals surface area contributed by atoms with Gasteiger partial charge >= 0.3 is 17.8 Å². The monoisotopic (exact) mass is 250 g/mol. The molecule has 0 bridgehead atoms. The quantitative estimate of drug-likeness (QED) is 0.541. The van der Waals surface area contributed by atoms with Gasteiger partial charge in [0.05, 0.1) is 0 Å². The zero-order chi connectivity index (χ0) is 12.7. The van der Waals surface area contributed by atoms with E-state index in [2.05, 4.69) is 10.1 Å². The summed E-state index contributed by atoms with van der Waals surface area (Å²) in [4.78, 5) is 40.8. The zero-order valence-electron chi connectivity index (χ0n) is 9.40. The molecule has 4 amide bonds. The fourth-order valence-electron chi connectivity index (χ4n) is 1.81. The van der Waals surface area contributed by atoms with Crippen LogP contribution in [0, 0.1) is 5.92 Å². The lowest BCUT2D eigenvalue weighted by Gasteiger charge is -2.13. The molecule has 0 spiro atoms. The number of carbonyl (C=O) groups excluding carboxylic acids is 3. The first-order valence-corrected chi connectivity index (χ1v) is 5.59. The van der Waals surface area contributed by atoms with Crippen LogP contribution < -0.4 is 0 Å². The molecule has 1 aliphatic carbocycles. The van der Waals surface area contributed by atoms with Crippen LogP contribution >= 0.6 is 0 Å². The van der Waals surface area contributed by atoms with Gasteiger partial charge in [-0.1, -0.05) is 5.16 Å². The van der Waals surface area contributed by atoms with Crippen LogP contribution in [0.3, 0.4) is 0 Å². The molecule has 1 aromatic rings. The number of urea groups is 1. The molecular formula is C10H10N4O4. The Hall–Kier alpha value is -2.25. The predicted octanol–water partition coefficient (Wildman–Crippen LogP) is -0.230. The number of hydrogen-bond donors (Lipinski definition) is 0. The van der Waals surface area contributed by atoms with E-state index in [1.54, 1.807) is 0 Å². The van der Waals surface area contributed by atoms with E-state index in [1.807, 2.05) is 0 Å². The van der Waals surface area contributed by atoms with E-state index >= 15 is 0 Å². The predicted molar refractivity (Wildman–Crippen MR) is 54.7 cm³/mol. The number of carbonyl (C=O) groups is 3. The van der Waals surface area contributed by atoms with Crippen LogP contribution in [-0.2, 0) is 16.1 Å². The van der Waals surface area contributed by atoms with Gasteiger partial charge in [-0.3, -0.25) is 14.5 Å². The van der Waals surface area contributed by atoms with Crippen molar-refractivity contribution in [2.45, 2.75) is 19.4 Å². The Kier molecular flexibility index (Phi) is 2.35. The van der Waals surface area contributed by atoms with Gasteiger partial charge in [0.2, 0.25) is 5.89 Å². The molecule has 1 saturated heterocycles. The first kappa shape index (κ1) is 10.9. The van der Waals surface area contributed by atoms with Crippen molar-refractivity contribution in [3.8, 4) is 0 Å². The summed E-state index contributed by atoms with van der Waals surface area (Å²) < 4.78 is 4.72. The molecule has 94 valence electrons. The third-order valence-electron chi connectivity index (χ3n) is 2.97. The highest BCUT2D eigenvalue weighted by atomic mass is 16.5. The van der Waals surface area contributed by atoms with Crippen LogP contribution in [0.1, 0.15) is 18.7 Å². The van der Waals surface area contributed by atoms with Gasteiger partial charge in [-0.15, -0.1) is 0 Å². The molecule has 0 aromatic carbocycles. The minimum atomic E-state index is -0.834. The number of rotatable bonds is 4. The number of hydrogen-bond acceptors (Lipinski definition) is 6. The van der Waals surface area contributed by atoms with E-state index in [4.69, 9.17) is 4.52 Å². The van der Waals surface area contributed by atoms with Gasteiger partial charge in [-0.25, -0.2) is 9.69 Å². The zero-order valence-corrected chi connectivity index (χ0v) is 9.40. The minimum Gasteiger partial charge on any atom is -0.338 e. The smallest absolute Gasteiger partial charge is 0.334 e. The first-order valence-electron chi connectivity index (χ1n) is 5.59. The van der Waals surface area contributed by atoms with Crippen LogP contribution in [0.5, 0.6) is 0 Å². The molecule has 0 radical (unpaired) electrons. The summed E-state index contributed by atoms with van der Waals surface area (Å²) >= 11 is 0. The molecule has 1 aromatic heterocycles. The Morgan fingerprint density at radius 2 is 1.94 bits per heavy atom. The van der Waals surface area contributed by atoms with Crippen LogP contribution in [0.25, 0.3) is 0 Å². The SMILES string of the molecule is O=C1C(=O)N(CC2CC2)C(=O)N1Cc1ncno1. The second-order valence-corrected chi connectivity index (χ2v) is 4.37. The summed E-state index contributed by atoms with van der Waals surface area (Å²) in [6.07, 6.45) is 3.16. The summed E-state index contributed by atoms with van der Waals surface area (Å²) in [5.74, 6) is -1.14. The maximum atomic E-state index is 11.9. The van der Waals surface area contributed by atoms with Gasteiger partial charge in [-0.05, 0) is 18.8 Å². The Morgan fingerprint density at radius 3 is 2.56 bits per heavy atom. The van der Waals surface area contributed by atoms with Crippen molar-refractivity contribution < 1.29 is 18.9 Å². The molecule has 0 N–H and O–H groups in total. The van der Waals surface area contributed by atoms with E-state index in [0.29, 0.717) is 12.5 Å². The average Bonchev–Trinajstić information content (AvgIpc) is 3.00. The van der Waals surface area contributed by atoms with E-state index in [9.17, 15) is 14.4 Å². The Bertz CT molecular complexity index is 508. The molecular weight excluding hydrogens is 240 g/mol. The van der Waals surface area contributed by atoms with Crippen molar-refractivity contribution in [3.63, 3.8) is 0 Å². The highest BCUT2D eigenvalue weighted by Gasteiger charge is 2.46. The summed E-state index contributed by atoms with van der Waals surface area (Å²) in [7, 11) is 0. The molecule has 2 aliphatic rings. The van der Waals surface area contributed by atoms with Crippen LogP contribution in [0.4, 0.5) is 4.79 Å². The topological polar surface area (TPSA) is 96.6 Å². The molecule has 18 heavy (non-hydrogen) atoms. The maximum Gasteiger partial charge on any atom is 0.334 e. The molecule has 3 rings (SSSR count). The van der Waals surface area contributed by atoms with Gasteiger partial charge in [-0.2, -0.15) is 4.98 Å². The van der Waals surface area contributed by atoms with E-state index in [0.717, 1.165) is 22.6 Å². The Morgan fingerprint density at radius 1 is 1.22 bits per heavy atom. The van der Waals surface area contributed by atoms with Gasteiger partial charge in [0, 0.05) is 6.54 Å². The van der Waals surface area contributed by atoms with Crippen molar-refractivity contribution in [1.29, 1.82) is 0 Å². The maximum absolute atomic E-state index is 11.9. The molecule has 8 heteroatoms. The second kappa shape index (κ2) is 3.90. The average molecular weight is 250 g/mol. The number of amides is 4. The highest BCUT2D eigenvalue weighted by Crippen LogP contribution is 2.31. The van der Waals surface area contributed by atoms with Gasteiger partial charge < -0.3 is 4.52 Å². The Balaban J connectivity index is 1.76. The molecule has 0 unspecified atom stereocenters. The van der Waals surface area contributed by atoms with Crippen molar-refractivity contribution in [2.24, 2.45) is 5.92 Å². The van der Waals surface area contributed by atoms with Crippen molar-refractivity contribution in [3.05, 3.63) is 12.2 Å². The summed E-state index contributed by atoms with van der Waals surface area (Å²) in [6, 6.07) is -0.602. The third-order valence-corrected chi connectivity index (χ3v) is 2.97. The van der Waals surface area contributed by atoms with E-state index in [1.165, 1.54) is 6.33 Å². The lowest BCUT2D eigenvalue weighted by Crippen LogP contribution is -2.34. The number of imide groups is 2. The molecule has 1 saturated carbocycles. The molecule has 2 heterocycles. The van der Waals surface area contributed by atoms with Crippen LogP contribution in [0.15, 0.2) is 10.9 Å². The Labute approximate surface area is 102 Å². The second-order valence-electron chi connectivity index (χ2n) is 4.37. The number of aromatic nitrogens is 2. The lowest BCUT2D eigenvalue weighted by molar-refractivity contribution is -0.143. The fourth-order valence-corrected chi connectivity index (χ4v) is 1.81. The standard InChI is InChI=1S/C10H10N4O4/c15-8-9(16)14(4-7-11-5-12-18-7)10(17)13(8)3-6-1-2-6/h5-6H,1-4H2. The van der Waals surface area contributed by atoms with Crippen LogP contribution in [-0.4, -0.2) is 44.3 Å². The van der Waals surface area contributed by atoms with Gasteiger partial charge in [0.1, 0.15) is 6.54 Å². The van der Waals surface area contributed by atoms with Crippen molar-refractivity contribution >= 4 is 17.8 Å². The fraction of sp³-hybridized carbons (Fsp3) is 0.500. The van der Waals surface area contributed by atoms with Crippen LogP contribution in [0.2, 0.25) is 0 Å². The first-order chi connectivity index (χ1) is 8.66. The normalized spacial score (nSPS) is 20.1. The third kappa shape index (κ3) is 1.75. The van der Waals surface area contributed by atoms with E-state index < -0.39 is 17.8 Å². The largest absolute Gasteiger partial charge is 0.338 e. The van der Waals surface area contributed by atoms with Crippen molar-refractivity contribution in [2.75, 3.05) is 6.54 Å². The lowest BCUT2D eigenvalue weighted by atomic mass is 10.4. The minimum absolute atomic E-state index is 0.123. The van der Waals surface area contributed by atoms with Gasteiger partial charge in [0.15, 0.2) is 6.33 Å². The molecule has 1 aliphatic heterocycles. The summed E-state index contributed by atoms with van der Waals surface area (Å²) in [6.45, 7) is 0.161. The van der Waals surface area contributed by atoms with Gasteiger partial charge in [0.25, 0.3) is 0 Å². The summed E-state index contributed by atoms with van der Waals surface area (Å²) in [5, 5.41) is 3.38. The number of nitrogens with zero attached hydrogens (tertiary/aromatic N) is 4. The summed E-state index contributed by atoms with van der Waals surface area (Å²) in [5.41, 5.74) is 0. The van der Waals surface area contributed by atoms with Crippen molar-refractivity contribution in [1.82, 2.24) is 19.9 Å². The molecule has 2 fully saturated rings. The highest BCUT2D eigenvalue weighted by molar-refractivity contribution is 6.44. The van der Waals surface area contributed by atoms with E-state index in [-0.39, 0.29) is 12.4 Å². The molecule has 0 atom stereocenters. The molecule has 8 nitrogen and oxygen atoms in total.